The molecule has 5 N–H and O–H groups in total. The van der Waals surface area contributed by atoms with Crippen molar-refractivity contribution < 1.29 is 9.53 Å². The van der Waals surface area contributed by atoms with Crippen LogP contribution in [0, 0.1) is 0 Å². The molecule has 0 spiro atoms. The lowest BCUT2D eigenvalue weighted by atomic mass is 10.3. The summed E-state index contributed by atoms with van der Waals surface area (Å²) >= 11 is 0. The van der Waals surface area contributed by atoms with Gasteiger partial charge in [0.2, 0.25) is 0 Å². The maximum atomic E-state index is 11.7. The van der Waals surface area contributed by atoms with E-state index in [1.54, 1.807) is 31.6 Å². The first-order valence-corrected chi connectivity index (χ1v) is 9.77. The highest BCUT2D eigenvalue weighted by Gasteiger charge is 2.07. The molecule has 9 nitrogen and oxygen atoms in total. The van der Waals surface area contributed by atoms with Gasteiger partial charge in [0.1, 0.15) is 17.2 Å². The lowest BCUT2D eigenvalue weighted by Crippen LogP contribution is -2.18. The van der Waals surface area contributed by atoms with Gasteiger partial charge in [-0.25, -0.2) is 4.98 Å². The molecule has 0 aliphatic carbocycles. The second-order valence-corrected chi connectivity index (χ2v) is 6.75. The molecule has 0 aliphatic heterocycles. The van der Waals surface area contributed by atoms with E-state index >= 15 is 0 Å². The third kappa shape index (κ3) is 5.28. The average Bonchev–Trinajstić information content (AvgIpc) is 2.80. The number of anilines is 5. The Kier molecular flexibility index (Phi) is 6.08. The number of nitrogens with two attached hydrogens (primary N) is 1. The number of benzene rings is 2. The van der Waals surface area contributed by atoms with Crippen LogP contribution in [0.5, 0.6) is 11.5 Å². The molecular formula is C23H21N7O2. The fraction of sp³-hybridized carbons (Fsp3) is 0.0435. The van der Waals surface area contributed by atoms with Crippen LogP contribution in [0.25, 0.3) is 0 Å². The number of nitrogens with zero attached hydrogens (tertiary/aromatic N) is 3. The Morgan fingerprint density at radius 1 is 0.906 bits per heavy atom. The van der Waals surface area contributed by atoms with Crippen LogP contribution in [0.3, 0.4) is 0 Å². The molecule has 0 saturated heterocycles. The normalized spacial score (nSPS) is 10.3. The van der Waals surface area contributed by atoms with E-state index in [0.29, 0.717) is 28.8 Å². The zero-order valence-corrected chi connectivity index (χ0v) is 17.2. The van der Waals surface area contributed by atoms with Gasteiger partial charge in [-0.05, 0) is 48.5 Å². The van der Waals surface area contributed by atoms with E-state index < -0.39 is 0 Å². The molecule has 4 rings (SSSR count). The number of hydrogen-bond acceptors (Lipinski definition) is 8. The Labute approximate surface area is 184 Å². The lowest BCUT2D eigenvalue weighted by Gasteiger charge is -2.10. The molecule has 0 unspecified atom stereocenters. The minimum atomic E-state index is -0.274. The molecule has 0 radical (unpaired) electrons. The zero-order chi connectivity index (χ0) is 22.3. The van der Waals surface area contributed by atoms with Crippen LogP contribution >= 0.6 is 0 Å². The van der Waals surface area contributed by atoms with E-state index in [1.165, 1.54) is 6.20 Å². The Bertz CT molecular complexity index is 1230. The molecule has 0 atom stereocenters. The smallest absolute Gasteiger partial charge is 0.269 e. The number of ether oxygens (including phenoxy) is 1. The van der Waals surface area contributed by atoms with E-state index in [9.17, 15) is 4.79 Å². The van der Waals surface area contributed by atoms with Gasteiger partial charge in [0.15, 0.2) is 11.6 Å². The van der Waals surface area contributed by atoms with Gasteiger partial charge in [-0.1, -0.05) is 6.07 Å². The number of rotatable bonds is 7. The third-order valence-corrected chi connectivity index (χ3v) is 4.35. The number of hydrogen-bond donors (Lipinski definition) is 4. The molecule has 0 bridgehead atoms. The number of carbonyl (C=O) groups excluding carboxylic acids is 1. The van der Waals surface area contributed by atoms with Crippen molar-refractivity contribution >= 4 is 34.6 Å². The van der Waals surface area contributed by atoms with Crippen molar-refractivity contribution in [2.75, 3.05) is 23.4 Å². The highest BCUT2D eigenvalue weighted by atomic mass is 16.5. The molecule has 2 aromatic heterocycles. The summed E-state index contributed by atoms with van der Waals surface area (Å²) in [6.45, 7) is 0. The number of nitrogen functional groups attached to an aromatic ring is 1. The number of amides is 1. The standard InChI is InChI=1S/C23H21N7O2/c1-25-23(31)20-12-19(9-10-27-20)32-18-7-5-16(6-8-18)28-21-13-26-14-22(30-21)29-17-4-2-3-15(24)11-17/h2-14H,24H2,1H3,(H,25,31)(H2,28,29,30). The lowest BCUT2D eigenvalue weighted by molar-refractivity contribution is 0.0958. The second kappa shape index (κ2) is 9.43. The summed E-state index contributed by atoms with van der Waals surface area (Å²) in [6.07, 6.45) is 4.79. The maximum Gasteiger partial charge on any atom is 0.269 e. The van der Waals surface area contributed by atoms with E-state index in [2.05, 4.69) is 30.9 Å². The quantitative estimate of drug-likeness (QED) is 0.325. The summed E-state index contributed by atoms with van der Waals surface area (Å²) in [5, 5.41) is 8.92. The summed E-state index contributed by atoms with van der Waals surface area (Å²) in [6, 6.07) is 18.0. The summed E-state index contributed by atoms with van der Waals surface area (Å²) in [5.41, 5.74) is 8.40. The van der Waals surface area contributed by atoms with Gasteiger partial charge in [0.05, 0.1) is 12.4 Å². The van der Waals surface area contributed by atoms with Crippen LogP contribution in [0.2, 0.25) is 0 Å². The molecule has 4 aromatic rings. The van der Waals surface area contributed by atoms with Crippen molar-refractivity contribution in [1.29, 1.82) is 0 Å². The highest BCUT2D eigenvalue weighted by molar-refractivity contribution is 5.92. The Balaban J connectivity index is 1.41. The van der Waals surface area contributed by atoms with Gasteiger partial charge in [0.25, 0.3) is 5.91 Å². The van der Waals surface area contributed by atoms with E-state index in [4.69, 9.17) is 10.5 Å². The molecule has 0 fully saturated rings. The summed E-state index contributed by atoms with van der Waals surface area (Å²) in [4.78, 5) is 24.5. The molecule has 9 heteroatoms. The van der Waals surface area contributed by atoms with Gasteiger partial charge in [-0.2, -0.15) is 0 Å². The fourth-order valence-corrected chi connectivity index (χ4v) is 2.87. The Morgan fingerprint density at radius 3 is 2.38 bits per heavy atom. The summed E-state index contributed by atoms with van der Waals surface area (Å²) < 4.78 is 5.82. The van der Waals surface area contributed by atoms with Crippen LogP contribution < -0.4 is 26.4 Å². The second-order valence-electron chi connectivity index (χ2n) is 6.75. The Hall–Kier alpha value is -4.66. The fourth-order valence-electron chi connectivity index (χ4n) is 2.87. The van der Waals surface area contributed by atoms with Gasteiger partial charge < -0.3 is 26.4 Å². The Morgan fingerprint density at radius 2 is 1.66 bits per heavy atom. The number of pyridine rings is 1. The SMILES string of the molecule is CNC(=O)c1cc(Oc2ccc(Nc3cncc(Nc4cccc(N)c4)n3)cc2)ccn1. The molecule has 160 valence electrons. The van der Waals surface area contributed by atoms with Crippen LogP contribution in [0.1, 0.15) is 10.5 Å². The van der Waals surface area contributed by atoms with Crippen molar-refractivity contribution in [2.45, 2.75) is 0 Å². The highest BCUT2D eigenvalue weighted by Crippen LogP contribution is 2.25. The van der Waals surface area contributed by atoms with Crippen LogP contribution in [0.15, 0.2) is 79.3 Å². The van der Waals surface area contributed by atoms with E-state index in [1.807, 2.05) is 48.5 Å². The van der Waals surface area contributed by atoms with Crippen molar-refractivity contribution in [2.24, 2.45) is 0 Å². The average molecular weight is 427 g/mol. The molecule has 1 amide bonds. The minimum absolute atomic E-state index is 0.274. The first-order valence-electron chi connectivity index (χ1n) is 9.77. The van der Waals surface area contributed by atoms with Gasteiger partial charge >= 0.3 is 0 Å². The molecule has 32 heavy (non-hydrogen) atoms. The third-order valence-electron chi connectivity index (χ3n) is 4.35. The zero-order valence-electron chi connectivity index (χ0n) is 17.2. The van der Waals surface area contributed by atoms with Crippen LogP contribution in [0.4, 0.5) is 28.7 Å². The van der Waals surface area contributed by atoms with Gasteiger partial charge in [0, 0.05) is 36.4 Å². The maximum absolute atomic E-state index is 11.7. The van der Waals surface area contributed by atoms with E-state index in [-0.39, 0.29) is 11.6 Å². The van der Waals surface area contributed by atoms with Crippen LogP contribution in [-0.2, 0) is 0 Å². The van der Waals surface area contributed by atoms with Crippen molar-refractivity contribution in [3.63, 3.8) is 0 Å². The minimum Gasteiger partial charge on any atom is -0.457 e. The monoisotopic (exact) mass is 427 g/mol. The van der Waals surface area contributed by atoms with Crippen molar-refractivity contribution in [1.82, 2.24) is 20.3 Å². The molecule has 0 saturated carbocycles. The van der Waals surface area contributed by atoms with Crippen molar-refractivity contribution in [3.05, 3.63) is 84.9 Å². The molecule has 0 aliphatic rings. The topological polar surface area (TPSA) is 127 Å². The molecular weight excluding hydrogens is 406 g/mol. The molecule has 2 heterocycles. The first kappa shape index (κ1) is 20.6. The van der Waals surface area contributed by atoms with Crippen molar-refractivity contribution in [3.8, 4) is 11.5 Å². The predicted molar refractivity (Wildman–Crippen MR) is 124 cm³/mol. The number of nitrogens with one attached hydrogen (secondary N) is 3. The van der Waals surface area contributed by atoms with Gasteiger partial charge in [-0.3, -0.25) is 14.8 Å². The first-order chi connectivity index (χ1) is 15.6. The summed E-state index contributed by atoms with van der Waals surface area (Å²) in [7, 11) is 1.55. The van der Waals surface area contributed by atoms with E-state index in [0.717, 1.165) is 11.4 Å². The number of aromatic nitrogens is 3. The predicted octanol–water partition coefficient (Wildman–Crippen LogP) is 4.09. The molecule has 2 aromatic carbocycles. The largest absolute Gasteiger partial charge is 0.457 e. The summed E-state index contributed by atoms with van der Waals surface area (Å²) in [5.74, 6) is 2.03. The number of carbonyl (C=O) groups is 1. The van der Waals surface area contributed by atoms with Gasteiger partial charge in [-0.15, -0.1) is 0 Å². The van der Waals surface area contributed by atoms with Crippen LogP contribution in [-0.4, -0.2) is 27.9 Å².